The van der Waals surface area contributed by atoms with Gasteiger partial charge in [-0.25, -0.2) is 15.0 Å². The molecule has 0 bridgehead atoms. The maximum Gasteiger partial charge on any atom is 0.0900 e. The quantitative estimate of drug-likeness (QED) is 0.202. The molecule has 5 aromatic carbocycles. The predicted octanol–water partition coefficient (Wildman–Crippen LogP) is 10.0. The summed E-state index contributed by atoms with van der Waals surface area (Å²) in [5.74, 6) is 0. The fourth-order valence-electron chi connectivity index (χ4n) is 6.11. The summed E-state index contributed by atoms with van der Waals surface area (Å²) in [5.41, 5.74) is 8.20. The van der Waals surface area contributed by atoms with E-state index >= 15 is 0 Å². The molecule has 4 aromatic heterocycles. The van der Waals surface area contributed by atoms with Crippen LogP contribution in [0.2, 0.25) is 0 Å². The summed E-state index contributed by atoms with van der Waals surface area (Å²) in [5, 5.41) is 8.07. The van der Waals surface area contributed by atoms with E-state index in [0.29, 0.717) is 0 Å². The molecule has 0 atom stereocenters. The van der Waals surface area contributed by atoms with E-state index < -0.39 is 0 Å². The Morgan fingerprint density at radius 2 is 0.818 bits per heavy atom. The van der Waals surface area contributed by atoms with Crippen molar-refractivity contribution in [3.05, 3.63) is 146 Å². The van der Waals surface area contributed by atoms with Crippen LogP contribution in [0.25, 0.3) is 88.2 Å². The molecule has 0 aliphatic rings. The zero-order chi connectivity index (χ0) is 29.0. The van der Waals surface area contributed by atoms with E-state index in [9.17, 15) is 0 Å². The normalized spacial score (nSPS) is 11.6. The third-order valence-corrected chi connectivity index (χ3v) is 8.40. The Balaban J connectivity index is 1.24. The van der Waals surface area contributed by atoms with E-state index in [0.717, 1.165) is 66.6 Å². The van der Waals surface area contributed by atoms with Gasteiger partial charge in [0.1, 0.15) is 0 Å². The average molecular weight is 561 g/mol. The summed E-state index contributed by atoms with van der Waals surface area (Å²) >= 11 is 0. The standard InChI is InChI=1S/C40H24N4/c1-3-8-28-21-37-31(18-26(28)6-1)13-15-34(42-37)39-23-33(30-12-11-25-10-5-17-41-36(25)20-30)24-40(44-39)35-16-14-32-19-27-7-2-4-9-29(27)22-38(32)43-35/h1-24H. The van der Waals surface area contributed by atoms with Crippen LogP contribution < -0.4 is 0 Å². The van der Waals surface area contributed by atoms with Crippen LogP contribution in [-0.2, 0) is 0 Å². The van der Waals surface area contributed by atoms with Crippen molar-refractivity contribution >= 4 is 54.3 Å². The average Bonchev–Trinajstić information content (AvgIpc) is 3.09. The molecule has 0 aliphatic heterocycles. The maximum absolute atomic E-state index is 5.16. The second-order valence-electron chi connectivity index (χ2n) is 11.2. The summed E-state index contributed by atoms with van der Waals surface area (Å²) in [4.78, 5) is 20.0. The Morgan fingerprint density at radius 3 is 1.41 bits per heavy atom. The van der Waals surface area contributed by atoms with Crippen molar-refractivity contribution in [2.24, 2.45) is 0 Å². The number of hydrogen-bond donors (Lipinski definition) is 0. The maximum atomic E-state index is 5.16. The lowest BCUT2D eigenvalue weighted by Gasteiger charge is -2.11. The van der Waals surface area contributed by atoms with Gasteiger partial charge < -0.3 is 0 Å². The van der Waals surface area contributed by atoms with Gasteiger partial charge in [-0.3, -0.25) is 4.98 Å². The summed E-state index contributed by atoms with van der Waals surface area (Å²) in [7, 11) is 0. The highest BCUT2D eigenvalue weighted by Crippen LogP contribution is 2.33. The van der Waals surface area contributed by atoms with Crippen LogP contribution in [0.15, 0.2) is 146 Å². The lowest BCUT2D eigenvalue weighted by Crippen LogP contribution is -1.95. The highest BCUT2D eigenvalue weighted by atomic mass is 14.8. The van der Waals surface area contributed by atoms with Gasteiger partial charge in [0.15, 0.2) is 0 Å². The van der Waals surface area contributed by atoms with Crippen LogP contribution in [0.1, 0.15) is 0 Å². The molecule has 0 aliphatic carbocycles. The van der Waals surface area contributed by atoms with Crippen LogP contribution in [0, 0.1) is 0 Å². The minimum atomic E-state index is 0.800. The first-order chi connectivity index (χ1) is 21.7. The first-order valence-electron chi connectivity index (χ1n) is 14.7. The molecule has 0 spiro atoms. The number of nitrogens with zero attached hydrogens (tertiary/aromatic N) is 4. The Labute approximate surface area is 253 Å². The summed E-state index contributed by atoms with van der Waals surface area (Å²) in [6.07, 6.45) is 1.83. The Morgan fingerprint density at radius 1 is 0.295 bits per heavy atom. The minimum absolute atomic E-state index is 0.800. The number of benzene rings is 5. The fourth-order valence-corrected chi connectivity index (χ4v) is 6.11. The van der Waals surface area contributed by atoms with Gasteiger partial charge in [0.05, 0.1) is 39.3 Å². The number of rotatable bonds is 3. The van der Waals surface area contributed by atoms with E-state index in [1.54, 1.807) is 0 Å². The molecule has 0 saturated heterocycles. The van der Waals surface area contributed by atoms with Crippen LogP contribution in [-0.4, -0.2) is 19.9 Å². The van der Waals surface area contributed by atoms with Crippen molar-refractivity contribution in [2.75, 3.05) is 0 Å². The van der Waals surface area contributed by atoms with E-state index in [-0.39, 0.29) is 0 Å². The second-order valence-corrected chi connectivity index (χ2v) is 11.2. The Hall–Kier alpha value is -6.00. The number of aromatic nitrogens is 4. The van der Waals surface area contributed by atoms with Gasteiger partial charge in [0, 0.05) is 22.4 Å². The van der Waals surface area contributed by atoms with Gasteiger partial charge in [-0.05, 0) is 93.3 Å². The lowest BCUT2D eigenvalue weighted by atomic mass is 10.0. The smallest absolute Gasteiger partial charge is 0.0900 e. The minimum Gasteiger partial charge on any atom is -0.256 e. The molecular formula is C40H24N4. The molecule has 0 unspecified atom stereocenters. The second kappa shape index (κ2) is 9.79. The topological polar surface area (TPSA) is 51.6 Å². The zero-order valence-corrected chi connectivity index (χ0v) is 23.6. The molecule has 44 heavy (non-hydrogen) atoms. The number of hydrogen-bond acceptors (Lipinski definition) is 4. The van der Waals surface area contributed by atoms with Crippen LogP contribution in [0.3, 0.4) is 0 Å². The lowest BCUT2D eigenvalue weighted by molar-refractivity contribution is 1.25. The van der Waals surface area contributed by atoms with Crippen molar-refractivity contribution in [2.45, 2.75) is 0 Å². The molecule has 9 rings (SSSR count). The fraction of sp³-hybridized carbons (Fsp3) is 0. The first kappa shape index (κ1) is 24.6. The van der Waals surface area contributed by atoms with Gasteiger partial charge in [-0.15, -0.1) is 0 Å². The van der Waals surface area contributed by atoms with E-state index in [4.69, 9.17) is 15.0 Å². The molecule has 4 nitrogen and oxygen atoms in total. The molecule has 204 valence electrons. The Kier molecular flexibility index (Phi) is 5.47. The van der Waals surface area contributed by atoms with Gasteiger partial charge in [0.25, 0.3) is 0 Å². The van der Waals surface area contributed by atoms with E-state index in [1.165, 1.54) is 21.5 Å². The summed E-state index contributed by atoms with van der Waals surface area (Å²) in [6, 6.07) is 48.6. The highest BCUT2D eigenvalue weighted by molar-refractivity contribution is 5.98. The molecule has 0 fully saturated rings. The van der Waals surface area contributed by atoms with Crippen molar-refractivity contribution in [3.63, 3.8) is 0 Å². The van der Waals surface area contributed by atoms with Gasteiger partial charge in [-0.2, -0.15) is 0 Å². The largest absolute Gasteiger partial charge is 0.256 e. The molecule has 9 aromatic rings. The third kappa shape index (κ3) is 4.24. The van der Waals surface area contributed by atoms with Gasteiger partial charge in [-0.1, -0.05) is 78.9 Å². The molecule has 4 heteroatoms. The van der Waals surface area contributed by atoms with Gasteiger partial charge >= 0.3 is 0 Å². The Bertz CT molecular complexity index is 2430. The zero-order valence-electron chi connectivity index (χ0n) is 23.6. The van der Waals surface area contributed by atoms with Crippen molar-refractivity contribution in [3.8, 4) is 33.9 Å². The summed E-state index contributed by atoms with van der Waals surface area (Å²) < 4.78 is 0. The van der Waals surface area contributed by atoms with Crippen LogP contribution in [0.5, 0.6) is 0 Å². The van der Waals surface area contributed by atoms with Crippen LogP contribution >= 0.6 is 0 Å². The van der Waals surface area contributed by atoms with E-state index in [2.05, 4.69) is 138 Å². The number of fused-ring (bicyclic) bond motifs is 5. The number of pyridine rings is 4. The molecule has 0 saturated carbocycles. The molecular weight excluding hydrogens is 536 g/mol. The highest BCUT2D eigenvalue weighted by Gasteiger charge is 2.13. The molecule has 0 amide bonds. The van der Waals surface area contributed by atoms with Crippen molar-refractivity contribution < 1.29 is 0 Å². The molecule has 0 radical (unpaired) electrons. The third-order valence-electron chi connectivity index (χ3n) is 8.40. The molecule has 0 N–H and O–H groups in total. The SMILES string of the molecule is c1ccc2cc3nc(-c4cc(-c5ccc6cccnc6c5)cc(-c5ccc6cc7ccccc7cc6n5)n4)ccc3cc2c1. The summed E-state index contributed by atoms with van der Waals surface area (Å²) in [6.45, 7) is 0. The predicted molar refractivity (Wildman–Crippen MR) is 181 cm³/mol. The monoisotopic (exact) mass is 560 g/mol. The van der Waals surface area contributed by atoms with Gasteiger partial charge in [0.2, 0.25) is 0 Å². The van der Waals surface area contributed by atoms with Crippen molar-refractivity contribution in [1.82, 2.24) is 19.9 Å². The van der Waals surface area contributed by atoms with Crippen LogP contribution in [0.4, 0.5) is 0 Å². The first-order valence-corrected chi connectivity index (χ1v) is 14.7. The van der Waals surface area contributed by atoms with Crippen molar-refractivity contribution in [1.29, 1.82) is 0 Å². The molecule has 4 heterocycles. The van der Waals surface area contributed by atoms with E-state index in [1.807, 2.05) is 12.3 Å².